The van der Waals surface area contributed by atoms with Crippen LogP contribution in [-0.4, -0.2) is 31.1 Å². The number of anilines is 1. The quantitative estimate of drug-likeness (QED) is 0.699. The van der Waals surface area contributed by atoms with Gasteiger partial charge in [0.2, 0.25) is 5.91 Å². The third-order valence-corrected chi connectivity index (χ3v) is 6.83. The lowest BCUT2D eigenvalue weighted by molar-refractivity contribution is -0.143. The molecule has 4 atom stereocenters. The summed E-state index contributed by atoms with van der Waals surface area (Å²) in [5.74, 6) is -1.86. The van der Waals surface area contributed by atoms with Crippen molar-refractivity contribution in [3.05, 3.63) is 64.5 Å². The molecule has 2 aliphatic heterocycles. The summed E-state index contributed by atoms with van der Waals surface area (Å²) in [5, 5.41) is 6.45. The molecule has 0 bridgehead atoms. The summed E-state index contributed by atoms with van der Waals surface area (Å²) in [7, 11) is 1.32. The molecule has 2 aromatic rings. The third kappa shape index (κ3) is 3.32. The van der Waals surface area contributed by atoms with Crippen LogP contribution in [0.4, 0.5) is 10.1 Å². The van der Waals surface area contributed by atoms with Gasteiger partial charge in [-0.3, -0.25) is 14.9 Å². The highest BCUT2D eigenvalue weighted by atomic mass is 19.1. The Kier molecular flexibility index (Phi) is 5.40. The van der Waals surface area contributed by atoms with Crippen LogP contribution in [0.25, 0.3) is 0 Å². The van der Waals surface area contributed by atoms with Gasteiger partial charge in [-0.1, -0.05) is 51.1 Å². The van der Waals surface area contributed by atoms with Crippen molar-refractivity contribution in [3.63, 3.8) is 0 Å². The number of carbonyl (C=O) groups excluding carboxylic acids is 2. The maximum Gasteiger partial charge on any atom is 0.323 e. The van der Waals surface area contributed by atoms with Crippen LogP contribution in [0.5, 0.6) is 0 Å². The fourth-order valence-electron chi connectivity index (χ4n) is 5.55. The third-order valence-electron chi connectivity index (χ3n) is 6.83. The molecule has 1 fully saturated rings. The van der Waals surface area contributed by atoms with E-state index in [4.69, 9.17) is 4.74 Å². The first-order valence-electron chi connectivity index (χ1n) is 11.0. The van der Waals surface area contributed by atoms with E-state index in [1.54, 1.807) is 25.1 Å². The second-order valence-corrected chi connectivity index (χ2v) is 10.3. The minimum Gasteiger partial charge on any atom is -0.468 e. The van der Waals surface area contributed by atoms with E-state index in [2.05, 4.69) is 31.4 Å². The van der Waals surface area contributed by atoms with Gasteiger partial charge in [0, 0.05) is 17.6 Å². The Morgan fingerprint density at radius 2 is 1.91 bits per heavy atom. The molecule has 170 valence electrons. The van der Waals surface area contributed by atoms with Gasteiger partial charge in [-0.2, -0.15) is 0 Å². The van der Waals surface area contributed by atoms with E-state index < -0.39 is 29.2 Å². The van der Waals surface area contributed by atoms with Gasteiger partial charge in [-0.05, 0) is 54.0 Å². The van der Waals surface area contributed by atoms with Crippen molar-refractivity contribution in [1.29, 1.82) is 0 Å². The molecule has 0 aromatic heterocycles. The molecule has 0 saturated carbocycles. The number of methoxy groups -OCH3 is 1. The van der Waals surface area contributed by atoms with Gasteiger partial charge in [-0.15, -0.1) is 0 Å². The van der Waals surface area contributed by atoms with Crippen LogP contribution in [0.2, 0.25) is 0 Å². The molecule has 2 N–H and O–H groups in total. The zero-order valence-corrected chi connectivity index (χ0v) is 19.5. The van der Waals surface area contributed by atoms with Crippen LogP contribution in [0.1, 0.15) is 55.4 Å². The Balaban J connectivity index is 2.04. The van der Waals surface area contributed by atoms with Gasteiger partial charge in [-0.25, -0.2) is 4.39 Å². The minimum absolute atomic E-state index is 0.140. The molecule has 0 aliphatic carbocycles. The summed E-state index contributed by atoms with van der Waals surface area (Å²) in [6.07, 6.45) is 0.616. The van der Waals surface area contributed by atoms with Gasteiger partial charge < -0.3 is 10.1 Å². The van der Waals surface area contributed by atoms with Crippen LogP contribution in [-0.2, 0) is 19.7 Å². The fraction of sp³-hybridized carbons (Fsp3) is 0.462. The molecule has 1 saturated heterocycles. The van der Waals surface area contributed by atoms with Gasteiger partial charge in [0.15, 0.2) is 0 Å². The molecular weight excluding hydrogens is 407 g/mol. The van der Waals surface area contributed by atoms with Gasteiger partial charge in [0.25, 0.3) is 0 Å². The summed E-state index contributed by atoms with van der Waals surface area (Å²) in [4.78, 5) is 26.9. The topological polar surface area (TPSA) is 67.4 Å². The summed E-state index contributed by atoms with van der Waals surface area (Å²) in [6, 6.07) is 9.75. The first kappa shape index (κ1) is 22.5. The summed E-state index contributed by atoms with van der Waals surface area (Å²) < 4.78 is 20.7. The molecule has 1 amide bonds. The smallest absolute Gasteiger partial charge is 0.323 e. The van der Waals surface area contributed by atoms with E-state index >= 15 is 4.39 Å². The number of ether oxygens (including phenoxy) is 1. The Morgan fingerprint density at radius 3 is 2.56 bits per heavy atom. The second-order valence-electron chi connectivity index (χ2n) is 10.3. The van der Waals surface area contributed by atoms with E-state index in [0.717, 1.165) is 16.8 Å². The number of carbonyl (C=O) groups is 2. The molecule has 2 aliphatic rings. The molecule has 1 unspecified atom stereocenters. The van der Waals surface area contributed by atoms with E-state index in [0.29, 0.717) is 17.5 Å². The number of benzene rings is 2. The number of fused-ring (bicyclic) bond motifs is 2. The van der Waals surface area contributed by atoms with Crippen LogP contribution in [0.15, 0.2) is 36.4 Å². The average molecular weight is 439 g/mol. The first-order chi connectivity index (χ1) is 15.0. The van der Waals surface area contributed by atoms with Crippen molar-refractivity contribution >= 4 is 17.6 Å². The van der Waals surface area contributed by atoms with Gasteiger partial charge >= 0.3 is 5.97 Å². The molecule has 5 nitrogen and oxygen atoms in total. The SMILES string of the molecule is COC(=O)[C@@H]1N[C@H](CC(C)(C)C)[C@]2(C(=O)Nc3cc(C)ccc32)C1c1cccc(C)c1F. The van der Waals surface area contributed by atoms with Crippen LogP contribution in [0, 0.1) is 25.1 Å². The minimum atomic E-state index is -1.15. The van der Waals surface area contributed by atoms with Crippen molar-refractivity contribution in [2.45, 2.75) is 64.5 Å². The number of nitrogens with one attached hydrogen (secondary N) is 2. The van der Waals surface area contributed by atoms with Crippen LogP contribution in [0.3, 0.4) is 0 Å². The molecule has 6 heteroatoms. The molecule has 4 rings (SSSR count). The zero-order chi connectivity index (χ0) is 23.4. The van der Waals surface area contributed by atoms with Crippen LogP contribution < -0.4 is 10.6 Å². The van der Waals surface area contributed by atoms with Crippen molar-refractivity contribution in [2.24, 2.45) is 5.41 Å². The average Bonchev–Trinajstić information content (AvgIpc) is 3.18. The Bertz CT molecular complexity index is 1090. The lowest BCUT2D eigenvalue weighted by Gasteiger charge is -2.37. The van der Waals surface area contributed by atoms with Crippen molar-refractivity contribution in [2.75, 3.05) is 12.4 Å². The fourth-order valence-corrected chi connectivity index (χ4v) is 5.55. The van der Waals surface area contributed by atoms with Crippen molar-refractivity contribution in [1.82, 2.24) is 5.32 Å². The standard InChI is InChI=1S/C26H31FN2O3/c1-14-10-11-17-18(12-14)28-24(31)26(17)19(13-25(3,4)5)29-22(23(30)32-6)20(26)16-9-7-8-15(2)21(16)27/h7-12,19-20,22,29H,13H2,1-6H3,(H,28,31)/t19-,20?,22-,26+/m1/s1. The van der Waals surface area contributed by atoms with E-state index in [9.17, 15) is 9.59 Å². The Morgan fingerprint density at radius 1 is 1.19 bits per heavy atom. The number of hydrogen-bond acceptors (Lipinski definition) is 4. The summed E-state index contributed by atoms with van der Waals surface area (Å²) >= 11 is 0. The summed E-state index contributed by atoms with van der Waals surface area (Å²) in [5.41, 5.74) is 2.08. The number of aryl methyl sites for hydroxylation is 2. The lowest BCUT2D eigenvalue weighted by atomic mass is 9.62. The predicted molar refractivity (Wildman–Crippen MR) is 122 cm³/mol. The molecular formula is C26H31FN2O3. The highest BCUT2D eigenvalue weighted by Crippen LogP contribution is 2.56. The number of rotatable bonds is 3. The highest BCUT2D eigenvalue weighted by molar-refractivity contribution is 6.09. The van der Waals surface area contributed by atoms with Crippen molar-refractivity contribution < 1.29 is 18.7 Å². The monoisotopic (exact) mass is 438 g/mol. The number of halogens is 1. The van der Waals surface area contributed by atoms with E-state index in [-0.39, 0.29) is 17.4 Å². The summed E-state index contributed by atoms with van der Waals surface area (Å²) in [6.45, 7) is 9.95. The maximum atomic E-state index is 15.6. The van der Waals surface area contributed by atoms with E-state index in [1.165, 1.54) is 7.11 Å². The maximum absolute atomic E-state index is 15.6. The largest absolute Gasteiger partial charge is 0.468 e. The second kappa shape index (κ2) is 7.69. The van der Waals surface area contributed by atoms with E-state index in [1.807, 2.05) is 25.1 Å². The Hall–Kier alpha value is -2.73. The molecule has 2 aromatic carbocycles. The molecule has 1 spiro atoms. The molecule has 2 heterocycles. The van der Waals surface area contributed by atoms with Crippen LogP contribution >= 0.6 is 0 Å². The van der Waals surface area contributed by atoms with Crippen molar-refractivity contribution in [3.8, 4) is 0 Å². The highest BCUT2D eigenvalue weighted by Gasteiger charge is 2.66. The lowest BCUT2D eigenvalue weighted by Crippen LogP contribution is -2.49. The normalized spacial score (nSPS) is 26.8. The number of amides is 1. The Labute approximate surface area is 188 Å². The molecule has 0 radical (unpaired) electrons. The molecule has 32 heavy (non-hydrogen) atoms. The predicted octanol–water partition coefficient (Wildman–Crippen LogP) is 4.37. The zero-order valence-electron chi connectivity index (χ0n) is 19.5. The number of esters is 1. The van der Waals surface area contributed by atoms with Gasteiger partial charge in [0.05, 0.1) is 7.11 Å². The van der Waals surface area contributed by atoms with Gasteiger partial charge in [0.1, 0.15) is 17.3 Å². The number of hydrogen-bond donors (Lipinski definition) is 2. The first-order valence-corrected chi connectivity index (χ1v) is 11.0.